The first kappa shape index (κ1) is 23.7. The van der Waals surface area contributed by atoms with E-state index in [9.17, 15) is 14.3 Å². The van der Waals surface area contributed by atoms with E-state index in [1.807, 2.05) is 11.8 Å². The second kappa shape index (κ2) is 11.6. The minimum Gasteiger partial charge on any atom is -0.505 e. The molecule has 3 rings (SSSR count). The lowest BCUT2D eigenvalue weighted by Crippen LogP contribution is -2.45. The second-order valence-corrected chi connectivity index (χ2v) is 7.73. The van der Waals surface area contributed by atoms with Crippen molar-refractivity contribution in [3.8, 4) is 5.75 Å². The van der Waals surface area contributed by atoms with Crippen LogP contribution in [0.2, 0.25) is 0 Å². The largest absolute Gasteiger partial charge is 0.505 e. The molecule has 29 heavy (non-hydrogen) atoms. The number of nitrogens with zero attached hydrogens (tertiary/aromatic N) is 2. The van der Waals surface area contributed by atoms with Crippen LogP contribution in [-0.4, -0.2) is 47.5 Å². The molecule has 0 radical (unpaired) electrons. The summed E-state index contributed by atoms with van der Waals surface area (Å²) in [6.07, 6.45) is 6.54. The van der Waals surface area contributed by atoms with E-state index < -0.39 is 5.82 Å². The zero-order valence-electron chi connectivity index (χ0n) is 17.0. The van der Waals surface area contributed by atoms with Gasteiger partial charge in [-0.2, -0.15) is 0 Å². The molecule has 8 heteroatoms. The van der Waals surface area contributed by atoms with Gasteiger partial charge in [-0.3, -0.25) is 4.79 Å². The van der Waals surface area contributed by atoms with Gasteiger partial charge in [0.2, 0.25) is 5.91 Å². The molecule has 1 atom stereocenters. The number of carbonyl (C=O) groups excluding carboxylic acids is 1. The summed E-state index contributed by atoms with van der Waals surface area (Å²) in [7, 11) is 0. The molecule has 3 N–H and O–H groups in total. The normalized spacial score (nSPS) is 20.3. The van der Waals surface area contributed by atoms with E-state index in [0.717, 1.165) is 25.8 Å². The van der Waals surface area contributed by atoms with Crippen molar-refractivity contribution in [2.24, 2.45) is 10.9 Å². The quantitative estimate of drug-likeness (QED) is 0.318. The Kier molecular flexibility index (Phi) is 9.45. The number of phenols is 1. The third kappa shape index (κ3) is 6.72. The van der Waals surface area contributed by atoms with Crippen LogP contribution in [0.5, 0.6) is 5.75 Å². The van der Waals surface area contributed by atoms with E-state index in [0.29, 0.717) is 37.1 Å². The van der Waals surface area contributed by atoms with Crippen LogP contribution in [0.15, 0.2) is 23.2 Å². The van der Waals surface area contributed by atoms with Gasteiger partial charge in [0.05, 0.1) is 6.54 Å². The van der Waals surface area contributed by atoms with Crippen LogP contribution < -0.4 is 10.6 Å². The Balaban J connectivity index is 0.00000300. The highest BCUT2D eigenvalue weighted by Gasteiger charge is 2.31. The summed E-state index contributed by atoms with van der Waals surface area (Å²) in [5.74, 6) is 0.182. The molecule has 1 saturated heterocycles. The van der Waals surface area contributed by atoms with Crippen molar-refractivity contribution in [3.05, 3.63) is 29.6 Å². The SMILES string of the molecule is CCNC(=NCc1ccc(O)c(F)c1)NC1CCN(C(=O)C2CCCCC2)C1.I. The monoisotopic (exact) mass is 518 g/mol. The predicted molar refractivity (Wildman–Crippen MR) is 123 cm³/mol. The molecule has 1 aromatic carbocycles. The minimum absolute atomic E-state index is 0. The van der Waals surface area contributed by atoms with Crippen LogP contribution in [0, 0.1) is 11.7 Å². The molecule has 2 aliphatic rings. The first-order chi connectivity index (χ1) is 13.6. The number of benzene rings is 1. The predicted octanol–water partition coefficient (Wildman–Crippen LogP) is 3.39. The average molecular weight is 518 g/mol. The van der Waals surface area contributed by atoms with Gasteiger partial charge in [0.15, 0.2) is 17.5 Å². The van der Waals surface area contributed by atoms with E-state index in [-0.39, 0.29) is 41.7 Å². The summed E-state index contributed by atoms with van der Waals surface area (Å²) in [4.78, 5) is 19.2. The van der Waals surface area contributed by atoms with Gasteiger partial charge in [-0.25, -0.2) is 9.38 Å². The molecule has 1 amide bonds. The summed E-state index contributed by atoms with van der Waals surface area (Å²) < 4.78 is 13.5. The Morgan fingerprint density at radius 2 is 2.03 bits per heavy atom. The Morgan fingerprint density at radius 1 is 1.28 bits per heavy atom. The number of aromatic hydroxyl groups is 1. The summed E-state index contributed by atoms with van der Waals surface area (Å²) in [6, 6.07) is 4.46. The number of aliphatic imine (C=N–C) groups is 1. The van der Waals surface area contributed by atoms with Crippen LogP contribution >= 0.6 is 24.0 Å². The first-order valence-electron chi connectivity index (χ1n) is 10.4. The lowest BCUT2D eigenvalue weighted by molar-refractivity contribution is -0.135. The molecule has 0 aromatic heterocycles. The molecule has 0 spiro atoms. The number of halogens is 2. The zero-order chi connectivity index (χ0) is 19.9. The van der Waals surface area contributed by atoms with Gasteiger partial charge in [-0.1, -0.05) is 25.3 Å². The summed E-state index contributed by atoms with van der Waals surface area (Å²) in [5.41, 5.74) is 0.688. The molecule has 1 aromatic rings. The van der Waals surface area contributed by atoms with E-state index >= 15 is 0 Å². The van der Waals surface area contributed by atoms with Crippen molar-refractivity contribution in [1.29, 1.82) is 0 Å². The van der Waals surface area contributed by atoms with Gasteiger partial charge in [0.1, 0.15) is 0 Å². The topological polar surface area (TPSA) is 77.0 Å². The fourth-order valence-corrected chi connectivity index (χ4v) is 4.02. The standard InChI is InChI=1S/C21H31FN4O2.HI/c1-2-23-21(24-13-15-8-9-19(27)18(22)12-15)25-17-10-11-26(14-17)20(28)16-6-4-3-5-7-16;/h8-9,12,16-17,27H,2-7,10-11,13-14H2,1H3,(H2,23,24,25);1H. The van der Waals surface area contributed by atoms with Crippen molar-refractivity contribution < 1.29 is 14.3 Å². The number of guanidine groups is 1. The highest BCUT2D eigenvalue weighted by molar-refractivity contribution is 14.0. The molecule has 1 aliphatic heterocycles. The van der Waals surface area contributed by atoms with Crippen molar-refractivity contribution in [1.82, 2.24) is 15.5 Å². The Hall–Kier alpha value is -1.58. The fraction of sp³-hybridized carbons (Fsp3) is 0.619. The van der Waals surface area contributed by atoms with Crippen LogP contribution in [0.25, 0.3) is 0 Å². The number of likely N-dealkylation sites (tertiary alicyclic amines) is 1. The summed E-state index contributed by atoms with van der Waals surface area (Å²) in [5, 5.41) is 15.9. The Labute approximate surface area is 189 Å². The molecule has 2 fully saturated rings. The van der Waals surface area contributed by atoms with Crippen molar-refractivity contribution >= 4 is 35.8 Å². The van der Waals surface area contributed by atoms with E-state index in [1.165, 1.54) is 31.4 Å². The average Bonchev–Trinajstić information content (AvgIpc) is 3.17. The van der Waals surface area contributed by atoms with Crippen molar-refractivity contribution in [3.63, 3.8) is 0 Å². The molecular weight excluding hydrogens is 486 g/mol. The summed E-state index contributed by atoms with van der Waals surface area (Å²) in [6.45, 7) is 4.51. The third-order valence-corrected chi connectivity index (χ3v) is 5.57. The maximum absolute atomic E-state index is 13.5. The first-order valence-corrected chi connectivity index (χ1v) is 10.4. The lowest BCUT2D eigenvalue weighted by Gasteiger charge is -2.26. The van der Waals surface area contributed by atoms with Crippen LogP contribution in [-0.2, 0) is 11.3 Å². The number of rotatable bonds is 5. The van der Waals surface area contributed by atoms with Gasteiger partial charge >= 0.3 is 0 Å². The molecular formula is C21H32FIN4O2. The summed E-state index contributed by atoms with van der Waals surface area (Å²) >= 11 is 0. The number of amides is 1. The number of hydrogen-bond donors (Lipinski definition) is 3. The van der Waals surface area contributed by atoms with Crippen molar-refractivity contribution in [2.75, 3.05) is 19.6 Å². The van der Waals surface area contributed by atoms with Crippen LogP contribution in [0.1, 0.15) is 51.0 Å². The third-order valence-electron chi connectivity index (χ3n) is 5.57. The molecule has 1 aliphatic carbocycles. The van der Waals surface area contributed by atoms with Gasteiger partial charge in [-0.05, 0) is 43.9 Å². The molecule has 1 saturated carbocycles. The lowest BCUT2D eigenvalue weighted by atomic mass is 9.88. The van der Waals surface area contributed by atoms with Gasteiger partial charge in [0, 0.05) is 31.6 Å². The van der Waals surface area contributed by atoms with E-state index in [4.69, 9.17) is 0 Å². The van der Waals surface area contributed by atoms with Crippen LogP contribution in [0.3, 0.4) is 0 Å². The highest BCUT2D eigenvalue weighted by atomic mass is 127. The van der Waals surface area contributed by atoms with E-state index in [2.05, 4.69) is 15.6 Å². The van der Waals surface area contributed by atoms with Gasteiger partial charge < -0.3 is 20.6 Å². The minimum atomic E-state index is -0.640. The molecule has 1 heterocycles. The van der Waals surface area contributed by atoms with Gasteiger partial charge in [0.25, 0.3) is 0 Å². The maximum Gasteiger partial charge on any atom is 0.225 e. The smallest absolute Gasteiger partial charge is 0.225 e. The van der Waals surface area contributed by atoms with Gasteiger partial charge in [-0.15, -0.1) is 24.0 Å². The Morgan fingerprint density at radius 3 is 2.72 bits per heavy atom. The number of nitrogens with one attached hydrogen (secondary N) is 2. The highest BCUT2D eigenvalue weighted by Crippen LogP contribution is 2.26. The van der Waals surface area contributed by atoms with E-state index in [1.54, 1.807) is 6.07 Å². The van der Waals surface area contributed by atoms with Crippen molar-refractivity contribution in [2.45, 2.75) is 58.0 Å². The number of hydrogen-bond acceptors (Lipinski definition) is 3. The zero-order valence-corrected chi connectivity index (χ0v) is 19.3. The molecule has 162 valence electrons. The second-order valence-electron chi connectivity index (χ2n) is 7.73. The molecule has 1 unspecified atom stereocenters. The molecule has 6 nitrogen and oxygen atoms in total. The maximum atomic E-state index is 13.5. The molecule has 0 bridgehead atoms. The number of phenolic OH excluding ortho intramolecular Hbond substituents is 1. The number of carbonyl (C=O) groups is 1. The fourth-order valence-electron chi connectivity index (χ4n) is 4.02. The Bertz CT molecular complexity index is 710. The van der Waals surface area contributed by atoms with Crippen LogP contribution in [0.4, 0.5) is 4.39 Å².